The number of piperidine rings is 1. The van der Waals surface area contributed by atoms with Gasteiger partial charge in [-0.25, -0.2) is 4.98 Å². The lowest BCUT2D eigenvalue weighted by atomic mass is 10.0. The van der Waals surface area contributed by atoms with Crippen LogP contribution in [0.4, 0.5) is 11.4 Å². The molecule has 4 aromatic rings. The van der Waals surface area contributed by atoms with Crippen molar-refractivity contribution in [2.24, 2.45) is 0 Å². The summed E-state index contributed by atoms with van der Waals surface area (Å²) < 4.78 is 2.08. The number of nitrogens with zero attached hydrogens (tertiary/aromatic N) is 6. The summed E-state index contributed by atoms with van der Waals surface area (Å²) in [5.74, 6) is -0.914. The van der Waals surface area contributed by atoms with Crippen molar-refractivity contribution in [3.8, 4) is 11.3 Å². The number of aldehydes is 1. The Labute approximate surface area is 297 Å². The molecule has 1 atom stereocenters. The smallest absolute Gasteiger partial charge is 0.252 e. The normalized spacial score (nSPS) is 18.1. The highest BCUT2D eigenvalue weighted by molar-refractivity contribution is 6.06. The molecule has 4 heterocycles. The molecule has 3 aliphatic rings. The van der Waals surface area contributed by atoms with Crippen LogP contribution in [0, 0.1) is 0 Å². The molecule has 51 heavy (non-hydrogen) atoms. The predicted octanol–water partition coefficient (Wildman–Crippen LogP) is 4.14. The first kappa shape index (κ1) is 34.3. The number of carbonyl (C=O) groups excluding carboxylic acids is 4. The molecule has 1 saturated carbocycles. The fraction of sp³-hybridized carbons (Fsp3) is 0.447. The third-order valence-electron chi connectivity index (χ3n) is 10.0. The standard InChI is InChI=1S/C38H45N9O4/c1-45-16-18-46(19-17-45)28-9-11-31-33(21-28)41-34(22-40-31)30-23-47(44-36(30)25-6-7-25)15-5-3-2-4-14-39-27-8-10-29(26(20-27)24-48)37(50)42-32-12-13-35(49)43-38(32)51/h8-11,20-25,32,39H,2-7,12-19H2,1H3,(H,42,50)(H,43,49,51). The van der Waals surface area contributed by atoms with Gasteiger partial charge in [0.15, 0.2) is 6.29 Å². The Morgan fingerprint density at radius 3 is 2.59 bits per heavy atom. The van der Waals surface area contributed by atoms with Crippen LogP contribution >= 0.6 is 0 Å². The van der Waals surface area contributed by atoms with Crippen LogP contribution < -0.4 is 20.9 Å². The van der Waals surface area contributed by atoms with Gasteiger partial charge in [0.2, 0.25) is 11.8 Å². The zero-order valence-corrected chi connectivity index (χ0v) is 29.1. The number of amides is 3. The summed E-state index contributed by atoms with van der Waals surface area (Å²) >= 11 is 0. The molecule has 3 fully saturated rings. The van der Waals surface area contributed by atoms with Gasteiger partial charge in [0, 0.05) is 85.9 Å². The number of nitrogens with one attached hydrogen (secondary N) is 3. The highest BCUT2D eigenvalue weighted by atomic mass is 16.2. The lowest BCUT2D eigenvalue weighted by Crippen LogP contribution is -2.52. The number of aromatic nitrogens is 4. The molecule has 2 aliphatic heterocycles. The van der Waals surface area contributed by atoms with Gasteiger partial charge in [0.05, 0.1) is 28.6 Å². The first-order chi connectivity index (χ1) is 24.8. The monoisotopic (exact) mass is 691 g/mol. The third-order valence-corrected chi connectivity index (χ3v) is 10.0. The number of piperazine rings is 1. The molecule has 0 spiro atoms. The van der Waals surface area contributed by atoms with Crippen LogP contribution in [0.15, 0.2) is 48.8 Å². The molecule has 2 aromatic carbocycles. The van der Waals surface area contributed by atoms with Gasteiger partial charge in [-0.05, 0) is 75.5 Å². The van der Waals surface area contributed by atoms with Crippen LogP contribution in [-0.4, -0.2) is 94.5 Å². The fourth-order valence-electron chi connectivity index (χ4n) is 6.83. The van der Waals surface area contributed by atoms with E-state index in [-0.39, 0.29) is 29.9 Å². The number of hydrogen-bond acceptors (Lipinski definition) is 10. The van der Waals surface area contributed by atoms with E-state index in [0.29, 0.717) is 12.2 Å². The van der Waals surface area contributed by atoms with Gasteiger partial charge >= 0.3 is 0 Å². The van der Waals surface area contributed by atoms with Crippen molar-refractivity contribution in [1.29, 1.82) is 0 Å². The largest absolute Gasteiger partial charge is 0.385 e. The van der Waals surface area contributed by atoms with Crippen LogP contribution in [0.3, 0.4) is 0 Å². The Bertz CT molecular complexity index is 1930. The van der Waals surface area contributed by atoms with Gasteiger partial charge in [-0.3, -0.25) is 34.2 Å². The number of anilines is 2. The topological polar surface area (TPSA) is 154 Å². The highest BCUT2D eigenvalue weighted by Crippen LogP contribution is 2.43. The SMILES string of the molecule is CN1CCN(c2ccc3ncc(-c4cn(CCCCCCNc5ccc(C(=O)NC6CCC(=O)NC6=O)c(C=O)c5)nc4C4CC4)nc3c2)CC1. The molecule has 13 heteroatoms. The lowest BCUT2D eigenvalue weighted by Gasteiger charge is -2.34. The van der Waals surface area contributed by atoms with E-state index in [1.807, 2.05) is 6.20 Å². The molecular formula is C38H45N9O4. The molecule has 2 saturated heterocycles. The van der Waals surface area contributed by atoms with E-state index in [2.05, 4.69) is 61.9 Å². The second-order valence-corrected chi connectivity index (χ2v) is 13.9. The first-order valence-corrected chi connectivity index (χ1v) is 18.1. The molecule has 0 bridgehead atoms. The van der Waals surface area contributed by atoms with Gasteiger partial charge in [-0.15, -0.1) is 0 Å². The van der Waals surface area contributed by atoms with E-state index in [1.165, 1.54) is 5.69 Å². The minimum atomic E-state index is -0.803. The second-order valence-electron chi connectivity index (χ2n) is 13.9. The number of fused-ring (bicyclic) bond motifs is 1. The van der Waals surface area contributed by atoms with Crippen molar-refractivity contribution in [3.05, 3.63) is 65.6 Å². The lowest BCUT2D eigenvalue weighted by molar-refractivity contribution is -0.134. The Kier molecular flexibility index (Phi) is 10.3. The highest BCUT2D eigenvalue weighted by Gasteiger charge is 2.31. The summed E-state index contributed by atoms with van der Waals surface area (Å²) in [6, 6.07) is 10.6. The van der Waals surface area contributed by atoms with E-state index >= 15 is 0 Å². The van der Waals surface area contributed by atoms with E-state index < -0.39 is 17.9 Å². The van der Waals surface area contributed by atoms with Crippen molar-refractivity contribution in [2.45, 2.75) is 69.9 Å². The molecule has 3 amide bonds. The van der Waals surface area contributed by atoms with E-state index in [9.17, 15) is 19.2 Å². The Balaban J connectivity index is 0.890. The van der Waals surface area contributed by atoms with Crippen molar-refractivity contribution in [2.75, 3.05) is 50.0 Å². The minimum Gasteiger partial charge on any atom is -0.385 e. The molecule has 3 N–H and O–H groups in total. The molecule has 266 valence electrons. The van der Waals surface area contributed by atoms with Gasteiger partial charge in [0.1, 0.15) is 6.04 Å². The van der Waals surface area contributed by atoms with Crippen molar-refractivity contribution in [3.63, 3.8) is 0 Å². The fourth-order valence-corrected chi connectivity index (χ4v) is 6.83. The van der Waals surface area contributed by atoms with Crippen molar-refractivity contribution in [1.82, 2.24) is 35.3 Å². The maximum Gasteiger partial charge on any atom is 0.252 e. The van der Waals surface area contributed by atoms with E-state index in [1.54, 1.807) is 18.2 Å². The molecule has 7 rings (SSSR count). The molecule has 2 aromatic heterocycles. The predicted molar refractivity (Wildman–Crippen MR) is 195 cm³/mol. The van der Waals surface area contributed by atoms with Gasteiger partial charge < -0.3 is 20.4 Å². The number of unbranched alkanes of at least 4 members (excludes halogenated alkanes) is 3. The van der Waals surface area contributed by atoms with Crippen LogP contribution in [-0.2, 0) is 16.1 Å². The summed E-state index contributed by atoms with van der Waals surface area (Å²) in [5.41, 5.74) is 7.31. The molecule has 1 unspecified atom stereocenters. The average Bonchev–Trinajstić information content (AvgIpc) is 3.90. The molecule has 0 radical (unpaired) electrons. The van der Waals surface area contributed by atoms with Crippen LogP contribution in [0.25, 0.3) is 22.3 Å². The zero-order chi connectivity index (χ0) is 35.3. The third kappa shape index (κ3) is 8.25. The number of imide groups is 1. The summed E-state index contributed by atoms with van der Waals surface area (Å²) in [6.45, 7) is 5.71. The number of carbonyl (C=O) groups is 4. The molecular weight excluding hydrogens is 646 g/mol. The van der Waals surface area contributed by atoms with Gasteiger partial charge in [0.25, 0.3) is 5.91 Å². The minimum absolute atomic E-state index is 0.159. The van der Waals surface area contributed by atoms with Crippen molar-refractivity contribution < 1.29 is 19.2 Å². The van der Waals surface area contributed by atoms with Gasteiger partial charge in [-0.2, -0.15) is 5.10 Å². The van der Waals surface area contributed by atoms with Crippen molar-refractivity contribution >= 4 is 46.4 Å². The van der Waals surface area contributed by atoms with Crippen LogP contribution in [0.2, 0.25) is 0 Å². The van der Waals surface area contributed by atoms with E-state index in [4.69, 9.17) is 15.1 Å². The van der Waals surface area contributed by atoms with Crippen LogP contribution in [0.1, 0.15) is 83.7 Å². The number of likely N-dealkylation sites (N-methyl/N-ethyl adjacent to an activating group) is 1. The number of aryl methyl sites for hydroxylation is 1. The number of benzene rings is 2. The maximum absolute atomic E-state index is 12.8. The zero-order valence-electron chi connectivity index (χ0n) is 29.1. The Hall–Kier alpha value is -5.17. The van der Waals surface area contributed by atoms with Crippen LogP contribution in [0.5, 0.6) is 0 Å². The van der Waals surface area contributed by atoms with Gasteiger partial charge in [-0.1, -0.05) is 12.8 Å². The quantitative estimate of drug-likeness (QED) is 0.0999. The molecule has 13 nitrogen and oxygen atoms in total. The maximum atomic E-state index is 12.8. The molecule has 1 aliphatic carbocycles. The summed E-state index contributed by atoms with van der Waals surface area (Å²) in [4.78, 5) is 62.6. The Morgan fingerprint density at radius 2 is 1.80 bits per heavy atom. The Morgan fingerprint density at radius 1 is 0.980 bits per heavy atom. The first-order valence-electron chi connectivity index (χ1n) is 18.1. The summed E-state index contributed by atoms with van der Waals surface area (Å²) in [6.07, 6.45) is 11.4. The van der Waals surface area contributed by atoms with E-state index in [0.717, 1.165) is 111 Å². The summed E-state index contributed by atoms with van der Waals surface area (Å²) in [5, 5.41) is 13.2. The average molecular weight is 692 g/mol. The number of hydrogen-bond donors (Lipinski definition) is 3. The number of rotatable bonds is 14. The second kappa shape index (κ2) is 15.4. The summed E-state index contributed by atoms with van der Waals surface area (Å²) in [7, 11) is 2.17.